The number of nitrogens with one attached hydrogen (secondary N) is 1. The van der Waals surface area contributed by atoms with Gasteiger partial charge in [-0.15, -0.1) is 24.0 Å². The Kier molecular flexibility index (Phi) is 8.78. The Hall–Kier alpha value is -2.75. The summed E-state index contributed by atoms with van der Waals surface area (Å²) in [5.74, 6) is 2.32. The summed E-state index contributed by atoms with van der Waals surface area (Å²) >= 11 is 0. The molecule has 170 valence electrons. The van der Waals surface area contributed by atoms with Crippen molar-refractivity contribution in [3.8, 4) is 5.75 Å². The zero-order valence-corrected chi connectivity index (χ0v) is 20.7. The molecule has 0 radical (unpaired) electrons. The Bertz CT molecular complexity index is 998. The number of phenolic OH excluding ortho intramolecular Hbond substituents is 1. The van der Waals surface area contributed by atoms with Gasteiger partial charge in [-0.3, -0.25) is 4.99 Å². The summed E-state index contributed by atoms with van der Waals surface area (Å²) in [6.45, 7) is 5.02. The number of imidazole rings is 1. The van der Waals surface area contributed by atoms with E-state index in [0.29, 0.717) is 5.75 Å². The number of aromatic nitrogens is 2. The highest BCUT2D eigenvalue weighted by molar-refractivity contribution is 14.0. The van der Waals surface area contributed by atoms with Crippen molar-refractivity contribution in [2.24, 2.45) is 4.99 Å². The Labute approximate surface area is 206 Å². The third kappa shape index (κ3) is 5.93. The van der Waals surface area contributed by atoms with Gasteiger partial charge in [-0.2, -0.15) is 0 Å². The predicted molar refractivity (Wildman–Crippen MR) is 140 cm³/mol. The molecule has 0 aliphatic carbocycles. The van der Waals surface area contributed by atoms with E-state index in [1.54, 1.807) is 6.07 Å². The molecule has 0 bridgehead atoms. The van der Waals surface area contributed by atoms with Crippen LogP contribution in [-0.4, -0.2) is 65.3 Å². The van der Waals surface area contributed by atoms with Gasteiger partial charge in [-0.1, -0.05) is 42.5 Å². The fourth-order valence-electron chi connectivity index (χ4n) is 4.00. The highest BCUT2D eigenvalue weighted by Crippen LogP contribution is 2.27. The van der Waals surface area contributed by atoms with Crippen LogP contribution in [0.25, 0.3) is 0 Å². The molecule has 3 aromatic rings. The topological polar surface area (TPSA) is 68.9 Å². The Balaban J connectivity index is 0.00000289. The number of benzene rings is 2. The monoisotopic (exact) mass is 546 g/mol. The largest absolute Gasteiger partial charge is 0.506 e. The molecule has 32 heavy (non-hydrogen) atoms. The fourth-order valence-corrected chi connectivity index (χ4v) is 4.00. The normalized spacial score (nSPS) is 14.2. The van der Waals surface area contributed by atoms with E-state index in [1.165, 1.54) is 5.56 Å². The second kappa shape index (κ2) is 11.8. The molecule has 0 amide bonds. The van der Waals surface area contributed by atoms with E-state index in [9.17, 15) is 5.11 Å². The number of rotatable bonds is 6. The molecule has 0 atom stereocenters. The second-order valence-corrected chi connectivity index (χ2v) is 7.64. The van der Waals surface area contributed by atoms with Crippen LogP contribution in [0.5, 0.6) is 5.75 Å². The van der Waals surface area contributed by atoms with Crippen molar-refractivity contribution in [1.82, 2.24) is 19.8 Å². The van der Waals surface area contributed by atoms with Crippen molar-refractivity contribution in [2.75, 3.05) is 44.7 Å². The smallest absolute Gasteiger partial charge is 0.193 e. The number of nitrogens with zero attached hydrogens (tertiary/aromatic N) is 5. The van der Waals surface area contributed by atoms with Gasteiger partial charge < -0.3 is 24.8 Å². The van der Waals surface area contributed by atoms with E-state index in [-0.39, 0.29) is 24.0 Å². The summed E-state index contributed by atoms with van der Waals surface area (Å²) in [5, 5.41) is 13.6. The molecule has 8 heteroatoms. The average Bonchev–Trinajstić information content (AvgIpc) is 3.25. The quantitative estimate of drug-likeness (QED) is 0.283. The van der Waals surface area contributed by atoms with Crippen molar-refractivity contribution in [2.45, 2.75) is 13.0 Å². The number of anilines is 1. The maximum absolute atomic E-state index is 10.1. The van der Waals surface area contributed by atoms with Crippen molar-refractivity contribution in [1.29, 1.82) is 0 Å². The highest BCUT2D eigenvalue weighted by atomic mass is 127. The van der Waals surface area contributed by atoms with Crippen molar-refractivity contribution < 1.29 is 5.11 Å². The molecule has 4 rings (SSSR count). The van der Waals surface area contributed by atoms with Crippen LogP contribution >= 0.6 is 24.0 Å². The van der Waals surface area contributed by atoms with Gasteiger partial charge in [-0.05, 0) is 17.7 Å². The number of para-hydroxylation sites is 2. The van der Waals surface area contributed by atoms with Crippen LogP contribution in [0.3, 0.4) is 0 Å². The lowest BCUT2D eigenvalue weighted by Crippen LogP contribution is -2.52. The average molecular weight is 546 g/mol. The summed E-state index contributed by atoms with van der Waals surface area (Å²) in [6, 6.07) is 18.0. The SMILES string of the molecule is CN=C(NCCc1nccn1Cc1ccccc1)N1CCN(c2ccccc2O)CC1.I. The van der Waals surface area contributed by atoms with Crippen LogP contribution in [0.1, 0.15) is 11.4 Å². The Morgan fingerprint density at radius 2 is 1.75 bits per heavy atom. The summed E-state index contributed by atoms with van der Waals surface area (Å²) in [4.78, 5) is 13.5. The molecular weight excluding hydrogens is 515 g/mol. The molecule has 2 aromatic carbocycles. The van der Waals surface area contributed by atoms with Crippen LogP contribution in [0.15, 0.2) is 72.0 Å². The van der Waals surface area contributed by atoms with Gasteiger partial charge in [0.1, 0.15) is 11.6 Å². The van der Waals surface area contributed by atoms with Crippen LogP contribution in [-0.2, 0) is 13.0 Å². The van der Waals surface area contributed by atoms with E-state index in [1.807, 2.05) is 43.7 Å². The maximum atomic E-state index is 10.1. The molecule has 1 aromatic heterocycles. The number of hydrogen-bond acceptors (Lipinski definition) is 4. The molecule has 1 aliphatic rings. The third-order valence-electron chi connectivity index (χ3n) is 5.64. The number of aliphatic imine (C=N–C) groups is 1. The molecule has 0 unspecified atom stereocenters. The maximum Gasteiger partial charge on any atom is 0.193 e. The minimum Gasteiger partial charge on any atom is -0.506 e. The predicted octanol–water partition coefficient (Wildman–Crippen LogP) is 3.20. The van der Waals surface area contributed by atoms with E-state index in [4.69, 9.17) is 0 Å². The zero-order chi connectivity index (χ0) is 21.5. The number of aromatic hydroxyl groups is 1. The molecule has 2 heterocycles. The lowest BCUT2D eigenvalue weighted by molar-refractivity contribution is 0.370. The van der Waals surface area contributed by atoms with Gasteiger partial charge in [0.15, 0.2) is 5.96 Å². The van der Waals surface area contributed by atoms with Crippen molar-refractivity contribution >= 4 is 35.6 Å². The fraction of sp³-hybridized carbons (Fsp3) is 0.333. The number of guanidine groups is 1. The van der Waals surface area contributed by atoms with Crippen molar-refractivity contribution in [3.05, 3.63) is 78.4 Å². The standard InChI is InChI=1S/C24H30N6O.HI/c1-25-24(29-17-15-28(16-18-29)21-9-5-6-10-22(21)31)27-12-11-23-26-13-14-30(23)19-20-7-3-2-4-8-20;/h2-10,13-14,31H,11-12,15-19H2,1H3,(H,25,27);1H. The van der Waals surface area contributed by atoms with Crippen LogP contribution in [0, 0.1) is 0 Å². The first-order valence-electron chi connectivity index (χ1n) is 10.8. The van der Waals surface area contributed by atoms with Crippen LogP contribution in [0.4, 0.5) is 5.69 Å². The molecule has 2 N–H and O–H groups in total. The van der Waals surface area contributed by atoms with Gasteiger partial charge in [0.2, 0.25) is 0 Å². The summed E-state index contributed by atoms with van der Waals surface area (Å²) in [7, 11) is 1.83. The molecule has 1 saturated heterocycles. The zero-order valence-electron chi connectivity index (χ0n) is 18.4. The highest BCUT2D eigenvalue weighted by Gasteiger charge is 2.21. The van der Waals surface area contributed by atoms with Gasteiger partial charge in [0.05, 0.1) is 5.69 Å². The van der Waals surface area contributed by atoms with E-state index in [0.717, 1.165) is 63.2 Å². The summed E-state index contributed by atoms with van der Waals surface area (Å²) in [5.41, 5.74) is 2.17. The second-order valence-electron chi connectivity index (χ2n) is 7.64. The minimum absolute atomic E-state index is 0. The number of phenols is 1. The first-order chi connectivity index (χ1) is 15.2. The minimum atomic E-state index is 0. The number of halogens is 1. The first kappa shape index (κ1) is 23.9. The molecule has 1 aliphatic heterocycles. The van der Waals surface area contributed by atoms with Crippen LogP contribution in [0.2, 0.25) is 0 Å². The molecule has 7 nitrogen and oxygen atoms in total. The van der Waals surface area contributed by atoms with E-state index < -0.39 is 0 Å². The van der Waals surface area contributed by atoms with Gasteiger partial charge in [-0.25, -0.2) is 4.98 Å². The van der Waals surface area contributed by atoms with Gasteiger partial charge in [0, 0.05) is 65.1 Å². The van der Waals surface area contributed by atoms with Crippen molar-refractivity contribution in [3.63, 3.8) is 0 Å². The molecular formula is C24H31IN6O. The first-order valence-corrected chi connectivity index (χ1v) is 10.8. The summed E-state index contributed by atoms with van der Waals surface area (Å²) < 4.78 is 2.20. The Morgan fingerprint density at radius 3 is 2.47 bits per heavy atom. The van der Waals surface area contributed by atoms with Gasteiger partial charge in [0.25, 0.3) is 0 Å². The summed E-state index contributed by atoms with van der Waals surface area (Å²) in [6.07, 6.45) is 4.73. The molecule has 0 spiro atoms. The molecule has 1 fully saturated rings. The number of piperazine rings is 1. The lowest BCUT2D eigenvalue weighted by atomic mass is 10.2. The van der Waals surface area contributed by atoms with Crippen LogP contribution < -0.4 is 10.2 Å². The number of hydrogen-bond donors (Lipinski definition) is 2. The van der Waals surface area contributed by atoms with E-state index in [2.05, 4.69) is 53.9 Å². The van der Waals surface area contributed by atoms with E-state index >= 15 is 0 Å². The Morgan fingerprint density at radius 1 is 1.03 bits per heavy atom. The van der Waals surface area contributed by atoms with Gasteiger partial charge >= 0.3 is 0 Å². The third-order valence-corrected chi connectivity index (χ3v) is 5.64. The molecule has 0 saturated carbocycles. The lowest BCUT2D eigenvalue weighted by Gasteiger charge is -2.37.